The van der Waals surface area contributed by atoms with Crippen LogP contribution in [-0.2, 0) is 0 Å². The Balaban J connectivity index is 1.89. The summed E-state index contributed by atoms with van der Waals surface area (Å²) < 4.78 is 0. The molecule has 3 nitrogen and oxygen atoms in total. The minimum absolute atomic E-state index is 0.222. The second-order valence-electron chi connectivity index (χ2n) is 3.60. The first-order valence-electron chi connectivity index (χ1n) is 3.95. The quantitative estimate of drug-likeness (QED) is 0.501. The number of nitrogens with two attached hydrogens (primary N) is 2. The van der Waals surface area contributed by atoms with Crippen LogP contribution in [-0.4, -0.2) is 30.2 Å². The van der Waals surface area contributed by atoms with E-state index in [-0.39, 0.29) is 6.17 Å². The maximum absolute atomic E-state index is 5.77. The van der Waals surface area contributed by atoms with Crippen LogP contribution in [0.4, 0.5) is 0 Å². The molecule has 4 N–H and O–H groups in total. The molecule has 3 heteroatoms. The van der Waals surface area contributed by atoms with Crippen LogP contribution >= 0.6 is 0 Å². The van der Waals surface area contributed by atoms with Gasteiger partial charge in [0.1, 0.15) is 0 Å². The van der Waals surface area contributed by atoms with E-state index in [1.807, 2.05) is 6.92 Å². The first kappa shape index (κ1) is 6.58. The molecule has 10 heavy (non-hydrogen) atoms. The van der Waals surface area contributed by atoms with Crippen molar-refractivity contribution >= 4 is 0 Å². The lowest BCUT2D eigenvalue weighted by Gasteiger charge is -2.22. The summed E-state index contributed by atoms with van der Waals surface area (Å²) in [6.07, 6.45) is 0.222. The Bertz CT molecular complexity index is 134. The molecule has 1 aliphatic carbocycles. The van der Waals surface area contributed by atoms with Crippen LogP contribution in [0.2, 0.25) is 0 Å². The molecule has 1 aliphatic heterocycles. The molecule has 0 bridgehead atoms. The summed E-state index contributed by atoms with van der Waals surface area (Å²) in [6.45, 7) is 4.29. The van der Waals surface area contributed by atoms with Gasteiger partial charge in [0.05, 0.1) is 6.17 Å². The topological polar surface area (TPSA) is 55.3 Å². The monoisotopic (exact) mass is 141 g/mol. The standard InChI is InChI=1S/C7H15N3/c1-4(8)10-2-5-6(3-10)7(5)9/h4-7H,2-3,8-9H2,1H3. The predicted molar refractivity (Wildman–Crippen MR) is 40.2 cm³/mol. The van der Waals surface area contributed by atoms with Crippen LogP contribution in [0.15, 0.2) is 0 Å². The first-order chi connectivity index (χ1) is 4.70. The summed E-state index contributed by atoms with van der Waals surface area (Å²) >= 11 is 0. The fourth-order valence-corrected chi connectivity index (χ4v) is 1.94. The highest BCUT2D eigenvalue weighted by molar-refractivity contribution is 5.08. The lowest BCUT2D eigenvalue weighted by atomic mass is 10.4. The first-order valence-corrected chi connectivity index (χ1v) is 3.95. The summed E-state index contributed by atoms with van der Waals surface area (Å²) in [4.78, 5) is 2.30. The van der Waals surface area contributed by atoms with E-state index in [2.05, 4.69) is 4.90 Å². The molecule has 0 radical (unpaired) electrons. The molecule has 0 spiro atoms. The second-order valence-corrected chi connectivity index (χ2v) is 3.60. The van der Waals surface area contributed by atoms with Gasteiger partial charge in [0.25, 0.3) is 0 Å². The number of hydrogen-bond acceptors (Lipinski definition) is 3. The van der Waals surface area contributed by atoms with Gasteiger partial charge >= 0.3 is 0 Å². The van der Waals surface area contributed by atoms with Crippen LogP contribution < -0.4 is 11.5 Å². The van der Waals surface area contributed by atoms with Crippen LogP contribution in [0.1, 0.15) is 6.92 Å². The third-order valence-electron chi connectivity index (χ3n) is 2.86. The molecule has 2 fully saturated rings. The summed E-state index contributed by atoms with van der Waals surface area (Å²) in [5, 5.41) is 0. The summed E-state index contributed by atoms with van der Waals surface area (Å²) in [5.41, 5.74) is 11.5. The minimum atomic E-state index is 0.222. The van der Waals surface area contributed by atoms with Gasteiger partial charge in [-0.3, -0.25) is 4.90 Å². The van der Waals surface area contributed by atoms with Gasteiger partial charge in [-0.25, -0.2) is 0 Å². The van der Waals surface area contributed by atoms with E-state index in [9.17, 15) is 0 Å². The Morgan fingerprint density at radius 3 is 2.30 bits per heavy atom. The molecule has 2 rings (SSSR count). The molecular formula is C7H15N3. The van der Waals surface area contributed by atoms with Crippen LogP contribution in [0.5, 0.6) is 0 Å². The third-order valence-corrected chi connectivity index (χ3v) is 2.86. The van der Waals surface area contributed by atoms with Crippen molar-refractivity contribution in [2.75, 3.05) is 13.1 Å². The van der Waals surface area contributed by atoms with Crippen molar-refractivity contribution in [3.8, 4) is 0 Å². The van der Waals surface area contributed by atoms with E-state index in [1.54, 1.807) is 0 Å². The Labute approximate surface area is 61.4 Å². The number of piperidine rings is 1. The Morgan fingerprint density at radius 1 is 1.40 bits per heavy atom. The number of rotatable bonds is 1. The molecule has 0 aromatic carbocycles. The van der Waals surface area contributed by atoms with Crippen LogP contribution in [0.25, 0.3) is 0 Å². The fourth-order valence-electron chi connectivity index (χ4n) is 1.94. The van der Waals surface area contributed by atoms with E-state index in [1.165, 1.54) is 0 Å². The molecule has 1 saturated heterocycles. The van der Waals surface area contributed by atoms with Crippen molar-refractivity contribution in [1.82, 2.24) is 4.90 Å². The van der Waals surface area contributed by atoms with Gasteiger partial charge in [-0.05, 0) is 18.8 Å². The maximum Gasteiger partial charge on any atom is 0.0542 e. The summed E-state index contributed by atoms with van der Waals surface area (Å²) in [7, 11) is 0. The van der Waals surface area contributed by atoms with E-state index in [0.29, 0.717) is 6.04 Å². The molecular weight excluding hydrogens is 126 g/mol. The summed E-state index contributed by atoms with van der Waals surface area (Å²) in [6, 6.07) is 0.495. The van der Waals surface area contributed by atoms with E-state index < -0.39 is 0 Å². The van der Waals surface area contributed by atoms with Crippen LogP contribution in [0, 0.1) is 11.8 Å². The number of hydrogen-bond donors (Lipinski definition) is 2. The molecule has 1 saturated carbocycles. The van der Waals surface area contributed by atoms with E-state index in [4.69, 9.17) is 11.5 Å². The molecule has 0 amide bonds. The van der Waals surface area contributed by atoms with Crippen LogP contribution in [0.3, 0.4) is 0 Å². The average Bonchev–Trinajstić information content (AvgIpc) is 2.38. The highest BCUT2D eigenvalue weighted by Gasteiger charge is 2.53. The lowest BCUT2D eigenvalue weighted by molar-refractivity contribution is 0.234. The normalized spacial score (nSPS) is 48.9. The molecule has 3 unspecified atom stereocenters. The zero-order valence-corrected chi connectivity index (χ0v) is 6.33. The lowest BCUT2D eigenvalue weighted by Crippen LogP contribution is -2.40. The van der Waals surface area contributed by atoms with Gasteiger partial charge in [0, 0.05) is 19.1 Å². The molecule has 1 heterocycles. The van der Waals surface area contributed by atoms with Gasteiger partial charge in [-0.2, -0.15) is 0 Å². The molecule has 2 aliphatic rings. The average molecular weight is 141 g/mol. The van der Waals surface area contributed by atoms with Crippen molar-refractivity contribution in [1.29, 1.82) is 0 Å². The third kappa shape index (κ3) is 0.779. The predicted octanol–water partition coefficient (Wildman–Crippen LogP) is -0.820. The second kappa shape index (κ2) is 1.94. The van der Waals surface area contributed by atoms with Crippen molar-refractivity contribution < 1.29 is 0 Å². The number of fused-ring (bicyclic) bond motifs is 1. The van der Waals surface area contributed by atoms with Gasteiger partial charge in [-0.1, -0.05) is 0 Å². The zero-order valence-electron chi connectivity index (χ0n) is 6.33. The van der Waals surface area contributed by atoms with E-state index in [0.717, 1.165) is 24.9 Å². The minimum Gasteiger partial charge on any atom is -0.327 e. The maximum atomic E-state index is 5.77. The van der Waals surface area contributed by atoms with Crippen molar-refractivity contribution in [3.63, 3.8) is 0 Å². The van der Waals surface area contributed by atoms with Gasteiger partial charge in [0.2, 0.25) is 0 Å². The Morgan fingerprint density at radius 2 is 1.90 bits per heavy atom. The highest BCUT2D eigenvalue weighted by atomic mass is 15.3. The number of likely N-dealkylation sites (tertiary alicyclic amines) is 1. The highest BCUT2D eigenvalue weighted by Crippen LogP contribution is 2.43. The Hall–Kier alpha value is -0.120. The molecule has 3 atom stereocenters. The SMILES string of the molecule is CC(N)N1CC2C(N)C2C1. The van der Waals surface area contributed by atoms with Crippen molar-refractivity contribution in [3.05, 3.63) is 0 Å². The molecule has 58 valence electrons. The largest absolute Gasteiger partial charge is 0.327 e. The van der Waals surface area contributed by atoms with Gasteiger partial charge in [-0.15, -0.1) is 0 Å². The van der Waals surface area contributed by atoms with Gasteiger partial charge < -0.3 is 11.5 Å². The fraction of sp³-hybridized carbons (Fsp3) is 1.00. The van der Waals surface area contributed by atoms with Crippen molar-refractivity contribution in [2.24, 2.45) is 23.3 Å². The smallest absolute Gasteiger partial charge is 0.0542 e. The zero-order chi connectivity index (χ0) is 7.30. The van der Waals surface area contributed by atoms with E-state index >= 15 is 0 Å². The Kier molecular flexibility index (Phi) is 1.27. The van der Waals surface area contributed by atoms with Gasteiger partial charge in [0.15, 0.2) is 0 Å². The molecule has 0 aromatic heterocycles. The molecule has 0 aromatic rings. The number of nitrogens with zero attached hydrogens (tertiary/aromatic N) is 1. The van der Waals surface area contributed by atoms with Crippen molar-refractivity contribution in [2.45, 2.75) is 19.1 Å². The summed E-state index contributed by atoms with van der Waals surface area (Å²) in [5.74, 6) is 1.54.